The van der Waals surface area contributed by atoms with Crippen molar-refractivity contribution in [1.82, 2.24) is 10.4 Å². The second-order valence-corrected chi connectivity index (χ2v) is 9.13. The number of methoxy groups -OCH3 is 2. The fraction of sp³-hybridized carbons (Fsp3) is 0.630. The number of ether oxygens (including phenoxy) is 7. The van der Waals surface area contributed by atoms with Crippen molar-refractivity contribution >= 4 is 29.6 Å². The molecule has 2 rings (SSSR count). The molecular formula is C27H39N3O14. The Balaban J connectivity index is 1.73. The summed E-state index contributed by atoms with van der Waals surface area (Å²) >= 11 is 0. The Hall–Kier alpha value is -4.06. The molecule has 17 heteroatoms. The van der Waals surface area contributed by atoms with Crippen LogP contribution in [-0.2, 0) is 42.9 Å². The minimum absolute atomic E-state index is 0.0450. The molecule has 44 heavy (non-hydrogen) atoms. The SMILES string of the molecule is COCCOCCOCCOCCNC(=O)CCCOc1cc([N+](=O)[O-])c(C(C)OC(=O)ON2C(=O)CCC2=O)cc1OC. The molecule has 0 bridgehead atoms. The summed E-state index contributed by atoms with van der Waals surface area (Å²) in [7, 11) is 2.92. The van der Waals surface area contributed by atoms with Crippen molar-refractivity contribution in [3.8, 4) is 11.5 Å². The number of nitrogens with zero attached hydrogens (tertiary/aromatic N) is 2. The Kier molecular flexibility index (Phi) is 16.4. The predicted molar refractivity (Wildman–Crippen MR) is 149 cm³/mol. The first-order valence-electron chi connectivity index (χ1n) is 13.9. The van der Waals surface area contributed by atoms with E-state index in [9.17, 15) is 29.3 Å². The molecular weight excluding hydrogens is 590 g/mol. The van der Waals surface area contributed by atoms with Crippen molar-refractivity contribution in [3.63, 3.8) is 0 Å². The minimum Gasteiger partial charge on any atom is -0.493 e. The first-order valence-corrected chi connectivity index (χ1v) is 13.9. The van der Waals surface area contributed by atoms with Crippen LogP contribution in [0.15, 0.2) is 12.1 Å². The number of benzene rings is 1. The highest BCUT2D eigenvalue weighted by Gasteiger charge is 2.34. The molecule has 1 atom stereocenters. The van der Waals surface area contributed by atoms with E-state index in [0.29, 0.717) is 64.3 Å². The lowest BCUT2D eigenvalue weighted by atomic mass is 10.1. The maximum atomic E-state index is 12.1. The summed E-state index contributed by atoms with van der Waals surface area (Å²) in [6.07, 6.45) is -2.35. The van der Waals surface area contributed by atoms with Crippen LogP contribution in [0.25, 0.3) is 0 Å². The molecule has 0 aromatic heterocycles. The van der Waals surface area contributed by atoms with Crippen molar-refractivity contribution < 1.29 is 62.1 Å². The average Bonchev–Trinajstić information content (AvgIpc) is 3.31. The van der Waals surface area contributed by atoms with Crippen LogP contribution >= 0.6 is 0 Å². The van der Waals surface area contributed by atoms with Gasteiger partial charge in [0.15, 0.2) is 11.5 Å². The zero-order valence-electron chi connectivity index (χ0n) is 25.0. The van der Waals surface area contributed by atoms with E-state index in [0.717, 1.165) is 6.07 Å². The average molecular weight is 630 g/mol. The number of carbonyl (C=O) groups is 4. The maximum absolute atomic E-state index is 12.1. The van der Waals surface area contributed by atoms with Crippen LogP contribution in [0.4, 0.5) is 10.5 Å². The molecule has 1 aromatic carbocycles. The number of amides is 3. The van der Waals surface area contributed by atoms with Crippen LogP contribution in [0.3, 0.4) is 0 Å². The highest BCUT2D eigenvalue weighted by Crippen LogP contribution is 2.38. The molecule has 0 aliphatic carbocycles. The van der Waals surface area contributed by atoms with Crippen molar-refractivity contribution in [3.05, 3.63) is 27.8 Å². The van der Waals surface area contributed by atoms with Crippen LogP contribution in [0.2, 0.25) is 0 Å². The maximum Gasteiger partial charge on any atom is 0.534 e. The molecule has 1 heterocycles. The molecule has 3 amide bonds. The van der Waals surface area contributed by atoms with E-state index in [1.807, 2.05) is 0 Å². The van der Waals surface area contributed by atoms with E-state index in [4.69, 9.17) is 33.2 Å². The summed E-state index contributed by atoms with van der Waals surface area (Å²) in [6, 6.07) is 2.38. The summed E-state index contributed by atoms with van der Waals surface area (Å²) in [5.74, 6) is -1.46. The Bertz CT molecular complexity index is 1100. The lowest BCUT2D eigenvalue weighted by Gasteiger charge is -2.18. The highest BCUT2D eigenvalue weighted by atomic mass is 16.8. The van der Waals surface area contributed by atoms with Gasteiger partial charge in [-0.25, -0.2) is 4.79 Å². The normalized spacial score (nSPS) is 13.5. The van der Waals surface area contributed by atoms with Gasteiger partial charge < -0.3 is 38.5 Å². The quantitative estimate of drug-likeness (QED) is 0.0640. The molecule has 17 nitrogen and oxygen atoms in total. The number of nitro groups is 1. The predicted octanol–water partition coefficient (Wildman–Crippen LogP) is 1.85. The molecule has 1 aliphatic heterocycles. The van der Waals surface area contributed by atoms with E-state index in [1.165, 1.54) is 20.1 Å². The number of hydrogen-bond acceptors (Lipinski definition) is 14. The largest absolute Gasteiger partial charge is 0.534 e. The van der Waals surface area contributed by atoms with Gasteiger partial charge in [0, 0.05) is 32.9 Å². The Morgan fingerprint density at radius 2 is 1.55 bits per heavy atom. The molecule has 0 radical (unpaired) electrons. The van der Waals surface area contributed by atoms with Gasteiger partial charge in [0.1, 0.15) is 6.10 Å². The summed E-state index contributed by atoms with van der Waals surface area (Å²) in [5, 5.41) is 14.8. The third-order valence-electron chi connectivity index (χ3n) is 5.94. The summed E-state index contributed by atoms with van der Waals surface area (Å²) in [4.78, 5) is 63.2. The highest BCUT2D eigenvalue weighted by molar-refractivity contribution is 6.01. The van der Waals surface area contributed by atoms with Gasteiger partial charge in [-0.2, -0.15) is 0 Å². The number of nitrogens with one attached hydrogen (secondary N) is 1. The third-order valence-corrected chi connectivity index (χ3v) is 5.94. The van der Waals surface area contributed by atoms with E-state index in [1.54, 1.807) is 7.11 Å². The monoisotopic (exact) mass is 629 g/mol. The topological polar surface area (TPSA) is 201 Å². The van der Waals surface area contributed by atoms with Crippen LogP contribution in [0.1, 0.15) is 44.3 Å². The van der Waals surface area contributed by atoms with E-state index in [-0.39, 0.29) is 48.8 Å². The van der Waals surface area contributed by atoms with Gasteiger partial charge in [-0.1, -0.05) is 5.06 Å². The van der Waals surface area contributed by atoms with Gasteiger partial charge >= 0.3 is 6.16 Å². The minimum atomic E-state index is -1.39. The summed E-state index contributed by atoms with van der Waals surface area (Å²) in [5.41, 5.74) is -0.483. The van der Waals surface area contributed by atoms with E-state index >= 15 is 0 Å². The van der Waals surface area contributed by atoms with Crippen molar-refractivity contribution in [2.24, 2.45) is 0 Å². The summed E-state index contributed by atoms with van der Waals surface area (Å²) in [6.45, 7) is 4.79. The lowest BCUT2D eigenvalue weighted by molar-refractivity contribution is -0.386. The number of nitro benzene ring substituents is 1. The second kappa shape index (κ2) is 20.0. The molecule has 1 N–H and O–H groups in total. The molecule has 1 aliphatic rings. The van der Waals surface area contributed by atoms with E-state index < -0.39 is 34.7 Å². The smallest absolute Gasteiger partial charge is 0.493 e. The molecule has 1 saturated heterocycles. The van der Waals surface area contributed by atoms with Gasteiger partial charge in [-0.05, 0) is 19.4 Å². The molecule has 246 valence electrons. The zero-order chi connectivity index (χ0) is 32.3. The third kappa shape index (κ3) is 12.7. The van der Waals surface area contributed by atoms with Crippen LogP contribution in [-0.4, -0.2) is 107 Å². The van der Waals surface area contributed by atoms with E-state index in [2.05, 4.69) is 10.2 Å². The van der Waals surface area contributed by atoms with Gasteiger partial charge in [0.25, 0.3) is 17.5 Å². The first kappa shape index (κ1) is 36.1. The van der Waals surface area contributed by atoms with Crippen LogP contribution in [0, 0.1) is 10.1 Å². The number of carbonyl (C=O) groups excluding carboxylic acids is 4. The zero-order valence-corrected chi connectivity index (χ0v) is 25.0. The molecule has 0 spiro atoms. The fourth-order valence-electron chi connectivity index (χ4n) is 3.73. The van der Waals surface area contributed by atoms with Gasteiger partial charge in [-0.15, -0.1) is 0 Å². The standard InChI is InChI=1S/C27H39N3O14/c1-19(43-27(34)44-29-25(32)6-7-26(29)33)20-17-22(38-3)23(18-21(20)30(35)36)42-9-4-5-24(31)28-8-10-39-13-14-41-16-15-40-12-11-37-2/h17-19H,4-16H2,1-3H3,(H,28,31). The van der Waals surface area contributed by atoms with Gasteiger partial charge in [0.05, 0.1) is 76.5 Å². The molecule has 0 saturated carbocycles. The number of hydroxylamine groups is 2. The van der Waals surface area contributed by atoms with Crippen LogP contribution < -0.4 is 14.8 Å². The molecule has 1 fully saturated rings. The van der Waals surface area contributed by atoms with Gasteiger partial charge in [0.2, 0.25) is 5.91 Å². The van der Waals surface area contributed by atoms with Gasteiger partial charge in [-0.3, -0.25) is 29.3 Å². The Morgan fingerprint density at radius 1 is 0.932 bits per heavy atom. The lowest BCUT2D eigenvalue weighted by Crippen LogP contribution is -2.32. The van der Waals surface area contributed by atoms with Crippen LogP contribution in [0.5, 0.6) is 11.5 Å². The van der Waals surface area contributed by atoms with Crippen molar-refractivity contribution in [2.75, 3.05) is 73.6 Å². The number of rotatable bonds is 22. The fourth-order valence-corrected chi connectivity index (χ4v) is 3.73. The molecule has 1 unspecified atom stereocenters. The Labute approximate surface area is 254 Å². The summed E-state index contributed by atoms with van der Waals surface area (Å²) < 4.78 is 36.9. The first-order chi connectivity index (χ1) is 21.2. The molecule has 1 aromatic rings. The van der Waals surface area contributed by atoms with Crippen molar-refractivity contribution in [1.29, 1.82) is 0 Å². The Morgan fingerprint density at radius 3 is 2.14 bits per heavy atom. The second-order valence-electron chi connectivity index (χ2n) is 9.13. The number of imide groups is 1. The number of hydrogen-bond donors (Lipinski definition) is 1. The van der Waals surface area contributed by atoms with Crippen molar-refractivity contribution in [2.45, 2.75) is 38.7 Å².